The molecule has 4 amide bonds. The van der Waals surface area contributed by atoms with Crippen LogP contribution in [0.2, 0.25) is 0 Å². The topological polar surface area (TPSA) is 146 Å². The van der Waals surface area contributed by atoms with Crippen LogP contribution in [-0.2, 0) is 29.9 Å². The van der Waals surface area contributed by atoms with Gasteiger partial charge in [-0.15, -0.1) is 0 Å². The van der Waals surface area contributed by atoms with Gasteiger partial charge in [0.1, 0.15) is 17.9 Å². The van der Waals surface area contributed by atoms with Gasteiger partial charge in [0, 0.05) is 45.9 Å². The van der Waals surface area contributed by atoms with Crippen LogP contribution in [-0.4, -0.2) is 62.0 Å². The lowest BCUT2D eigenvalue weighted by Crippen LogP contribution is -2.44. The van der Waals surface area contributed by atoms with E-state index in [9.17, 15) is 28.8 Å². The Hall–Kier alpha value is -6.04. The van der Waals surface area contributed by atoms with E-state index in [-0.39, 0.29) is 106 Å². The van der Waals surface area contributed by atoms with Crippen LogP contribution in [0.15, 0.2) is 60.7 Å². The van der Waals surface area contributed by atoms with Gasteiger partial charge in [0.15, 0.2) is 0 Å². The number of hydrogen-bond donors (Lipinski definition) is 0. The summed E-state index contributed by atoms with van der Waals surface area (Å²) in [6, 6.07) is 16.7. The van der Waals surface area contributed by atoms with Gasteiger partial charge in [0.25, 0.3) is 23.6 Å². The smallest absolute Gasteiger partial charge is 0.317 e. The van der Waals surface area contributed by atoms with Gasteiger partial charge < -0.3 is 18.9 Å². The van der Waals surface area contributed by atoms with E-state index in [1.807, 2.05) is 53.7 Å². The standard InChI is InChI=1S/C43H42N2O10/c1-42(2,3)24-9-15-32-30(21-24)44-38(48)26-11-13-28-37-29(14-12-27(36(26)37)39(44)49)41(51)45(40(28)50)31-22-25(43(4,5)6)10-16-33(31)53-18-8-20-55-35(47)23-34(46)54-19-7-17-52-32/h9-16,21-22H,7-8,17-20,23H2,1-6H3. The molecule has 0 unspecified atom stereocenters. The largest absolute Gasteiger partial charge is 0.491 e. The van der Waals surface area contributed by atoms with Gasteiger partial charge in [0.2, 0.25) is 0 Å². The van der Waals surface area contributed by atoms with Crippen molar-refractivity contribution in [1.29, 1.82) is 0 Å². The maximum atomic E-state index is 14.5. The lowest BCUT2D eigenvalue weighted by molar-refractivity contribution is -0.154. The fourth-order valence-corrected chi connectivity index (χ4v) is 6.95. The molecule has 4 aromatic rings. The molecule has 0 aromatic heterocycles. The van der Waals surface area contributed by atoms with E-state index in [4.69, 9.17) is 18.9 Å². The van der Waals surface area contributed by atoms with Crippen LogP contribution in [0.1, 0.15) is 113 Å². The van der Waals surface area contributed by atoms with Crippen LogP contribution >= 0.6 is 0 Å². The molecule has 4 aromatic carbocycles. The summed E-state index contributed by atoms with van der Waals surface area (Å²) >= 11 is 0. The molecule has 12 heteroatoms. The van der Waals surface area contributed by atoms with Crippen molar-refractivity contribution in [1.82, 2.24) is 0 Å². The minimum Gasteiger partial charge on any atom is -0.491 e. The summed E-state index contributed by atoms with van der Waals surface area (Å²) in [6.45, 7) is 12.1. The van der Waals surface area contributed by atoms with Crippen molar-refractivity contribution in [2.45, 2.75) is 71.6 Å². The Morgan fingerprint density at radius 3 is 1.11 bits per heavy atom. The molecule has 0 saturated carbocycles. The van der Waals surface area contributed by atoms with Gasteiger partial charge in [-0.05, 0) is 70.5 Å². The second kappa shape index (κ2) is 14.0. The number of anilines is 2. The molecule has 5 aliphatic heterocycles. The Kier molecular flexibility index (Phi) is 9.48. The molecule has 12 nitrogen and oxygen atoms in total. The second-order valence-electron chi connectivity index (χ2n) is 15.8. The van der Waals surface area contributed by atoms with E-state index in [2.05, 4.69) is 0 Å². The fourth-order valence-electron chi connectivity index (χ4n) is 6.95. The van der Waals surface area contributed by atoms with Gasteiger partial charge in [0.05, 0.1) is 37.8 Å². The van der Waals surface area contributed by atoms with Crippen molar-refractivity contribution in [2.75, 3.05) is 36.2 Å². The zero-order valence-electron chi connectivity index (χ0n) is 31.7. The average Bonchev–Trinajstić information content (AvgIpc) is 3.12. The number of benzene rings is 4. The summed E-state index contributed by atoms with van der Waals surface area (Å²) in [5.74, 6) is -3.57. The van der Waals surface area contributed by atoms with Gasteiger partial charge in [-0.2, -0.15) is 0 Å². The number of fused-ring (bicyclic) bond motifs is 2. The highest BCUT2D eigenvalue weighted by molar-refractivity contribution is 6.42. The molecule has 8 bridgehead atoms. The predicted octanol–water partition coefficient (Wildman–Crippen LogP) is 7.06. The van der Waals surface area contributed by atoms with Gasteiger partial charge in [-0.25, -0.2) is 9.80 Å². The Morgan fingerprint density at radius 1 is 0.455 bits per heavy atom. The van der Waals surface area contributed by atoms with Crippen molar-refractivity contribution in [3.63, 3.8) is 0 Å². The van der Waals surface area contributed by atoms with Gasteiger partial charge in [-0.3, -0.25) is 28.8 Å². The molecule has 0 radical (unpaired) electrons. The lowest BCUT2D eigenvalue weighted by Gasteiger charge is -2.33. The van der Waals surface area contributed by atoms with Crippen molar-refractivity contribution in [3.8, 4) is 11.5 Å². The quantitative estimate of drug-likeness (QED) is 0.104. The van der Waals surface area contributed by atoms with Crippen molar-refractivity contribution in [2.24, 2.45) is 0 Å². The number of rotatable bonds is 0. The van der Waals surface area contributed by atoms with E-state index in [0.29, 0.717) is 0 Å². The Labute approximate surface area is 318 Å². The number of hydrogen-bond acceptors (Lipinski definition) is 10. The molecule has 5 aliphatic rings. The third-order valence-corrected chi connectivity index (χ3v) is 9.93. The van der Waals surface area contributed by atoms with Crippen LogP contribution in [0.5, 0.6) is 11.5 Å². The van der Waals surface area contributed by atoms with Crippen LogP contribution in [0, 0.1) is 0 Å². The monoisotopic (exact) mass is 746 g/mol. The maximum Gasteiger partial charge on any atom is 0.317 e. The summed E-state index contributed by atoms with van der Waals surface area (Å²) in [5.41, 5.74) is 2.03. The van der Waals surface area contributed by atoms with Crippen LogP contribution in [0.25, 0.3) is 10.8 Å². The molecule has 0 fully saturated rings. The molecule has 0 aliphatic carbocycles. The van der Waals surface area contributed by atoms with Crippen molar-refractivity contribution in [3.05, 3.63) is 94.0 Å². The van der Waals surface area contributed by atoms with Crippen molar-refractivity contribution >= 4 is 57.7 Å². The lowest BCUT2D eigenvalue weighted by atomic mass is 9.84. The first kappa shape index (κ1) is 37.3. The first-order chi connectivity index (χ1) is 26.1. The highest BCUT2D eigenvalue weighted by Crippen LogP contribution is 2.44. The molecule has 5 heterocycles. The Bertz CT molecular complexity index is 2080. The summed E-state index contributed by atoms with van der Waals surface area (Å²) < 4.78 is 22.6. The first-order valence-corrected chi connectivity index (χ1v) is 18.3. The molecule has 0 N–H and O–H groups in total. The van der Waals surface area contributed by atoms with E-state index < -0.39 is 42.0 Å². The maximum absolute atomic E-state index is 14.5. The number of nitrogens with zero attached hydrogens (tertiary/aromatic N) is 2. The highest BCUT2D eigenvalue weighted by Gasteiger charge is 2.42. The normalized spacial score (nSPS) is 17.1. The Morgan fingerprint density at radius 2 is 0.782 bits per heavy atom. The highest BCUT2D eigenvalue weighted by atomic mass is 16.6. The molecule has 284 valence electrons. The van der Waals surface area contributed by atoms with Gasteiger partial charge >= 0.3 is 11.9 Å². The molecule has 0 saturated heterocycles. The molecule has 55 heavy (non-hydrogen) atoms. The minimum atomic E-state index is -0.756. The predicted molar refractivity (Wildman–Crippen MR) is 203 cm³/mol. The third kappa shape index (κ3) is 6.81. The zero-order chi connectivity index (χ0) is 39.4. The second-order valence-corrected chi connectivity index (χ2v) is 15.8. The number of amides is 4. The molecule has 0 atom stereocenters. The summed E-state index contributed by atoms with van der Waals surface area (Å²) in [6.07, 6.45) is -0.0652. The third-order valence-electron chi connectivity index (χ3n) is 9.93. The molecule has 9 rings (SSSR count). The number of carbonyl (C=O) groups excluding carboxylic acids is 6. The Balaban J connectivity index is 1.36. The summed E-state index contributed by atoms with van der Waals surface area (Å²) in [5, 5.41) is 0.470. The van der Waals surface area contributed by atoms with Crippen LogP contribution in [0.3, 0.4) is 0 Å². The number of carbonyl (C=O) groups is 6. The van der Waals surface area contributed by atoms with Crippen molar-refractivity contribution < 1.29 is 47.7 Å². The summed E-state index contributed by atoms with van der Waals surface area (Å²) in [7, 11) is 0. The van der Waals surface area contributed by atoms with E-state index in [1.165, 1.54) is 24.3 Å². The van der Waals surface area contributed by atoms with Gasteiger partial charge in [-0.1, -0.05) is 53.7 Å². The zero-order valence-corrected chi connectivity index (χ0v) is 31.7. The molecular weight excluding hydrogens is 704 g/mol. The molecular formula is C43H42N2O10. The van der Waals surface area contributed by atoms with E-state index in [0.717, 1.165) is 20.9 Å². The fraction of sp³-hybridized carbons (Fsp3) is 0.349. The molecule has 0 spiro atoms. The van der Waals surface area contributed by atoms with E-state index >= 15 is 0 Å². The minimum absolute atomic E-state index is 0.0399. The first-order valence-electron chi connectivity index (χ1n) is 18.3. The van der Waals surface area contributed by atoms with E-state index in [1.54, 1.807) is 24.3 Å². The number of esters is 2. The SMILES string of the molecule is CC(C)(C)c1ccc2c(c1)N1C(=O)c3ccc4c5c(ccc(c35)C1=O)C(=O)N(C4=O)c1cc(C(C)(C)C)ccc1OCCCOC(=O)CC(=O)OCCCO2. The number of ether oxygens (including phenoxy) is 4. The summed E-state index contributed by atoms with van der Waals surface area (Å²) in [4.78, 5) is 84.8. The van der Waals surface area contributed by atoms with Crippen LogP contribution < -0.4 is 19.3 Å². The average molecular weight is 747 g/mol. The van der Waals surface area contributed by atoms with Crippen LogP contribution in [0.4, 0.5) is 11.4 Å². The number of imide groups is 2.